The normalized spacial score (nSPS) is 12.7. The van der Waals surface area contributed by atoms with E-state index in [1.165, 1.54) is 6.07 Å². The van der Waals surface area contributed by atoms with Crippen LogP contribution in [0, 0.1) is 20.8 Å². The van der Waals surface area contributed by atoms with E-state index in [4.69, 9.17) is 0 Å². The van der Waals surface area contributed by atoms with Crippen LogP contribution < -0.4 is 0 Å². The minimum atomic E-state index is -4.81. The first-order chi connectivity index (χ1) is 13.8. The fourth-order valence-electron chi connectivity index (χ4n) is 2.94. The Morgan fingerprint density at radius 2 is 1.40 bits per heavy atom. The number of hydrogen-bond acceptors (Lipinski definition) is 7. The number of phenolic OH excluding ortho intramolecular Hbond substituents is 1. The Bertz CT molecular complexity index is 1430. The van der Waals surface area contributed by atoms with Crippen molar-refractivity contribution in [2.24, 2.45) is 10.2 Å². The lowest BCUT2D eigenvalue weighted by Crippen LogP contribution is -2.00. The fourth-order valence-corrected chi connectivity index (χ4v) is 4.06. The van der Waals surface area contributed by atoms with Gasteiger partial charge in [-0.3, -0.25) is 9.11 Å². The quantitative estimate of drug-likeness (QED) is 0.394. The lowest BCUT2D eigenvalue weighted by molar-refractivity contribution is 0.445. The average Bonchev–Trinajstić information content (AvgIpc) is 2.62. The molecule has 0 saturated carbocycles. The molecule has 0 radical (unpaired) electrons. The van der Waals surface area contributed by atoms with Gasteiger partial charge in [-0.2, -0.15) is 21.9 Å². The van der Waals surface area contributed by atoms with Crippen molar-refractivity contribution in [3.8, 4) is 5.75 Å². The number of phenols is 1. The second-order valence-corrected chi connectivity index (χ2v) is 9.64. The van der Waals surface area contributed by atoms with Crippen molar-refractivity contribution in [1.29, 1.82) is 0 Å². The molecule has 0 amide bonds. The molecule has 0 atom stereocenters. The Balaban J connectivity index is 2.35. The smallest absolute Gasteiger partial charge is 0.298 e. The molecule has 0 aliphatic heterocycles. The van der Waals surface area contributed by atoms with Gasteiger partial charge >= 0.3 is 0 Å². The zero-order valence-electron chi connectivity index (χ0n) is 16.1. The Morgan fingerprint density at radius 3 is 2.00 bits per heavy atom. The molecule has 11 heteroatoms. The highest BCUT2D eigenvalue weighted by Gasteiger charge is 2.23. The van der Waals surface area contributed by atoms with Crippen molar-refractivity contribution >= 4 is 42.4 Å². The summed E-state index contributed by atoms with van der Waals surface area (Å²) in [6, 6.07) is 7.90. The molecule has 0 saturated heterocycles. The number of benzene rings is 3. The summed E-state index contributed by atoms with van der Waals surface area (Å²) in [6.07, 6.45) is 0. The monoisotopic (exact) mass is 450 g/mol. The summed E-state index contributed by atoms with van der Waals surface area (Å²) < 4.78 is 65.1. The van der Waals surface area contributed by atoms with E-state index in [1.54, 1.807) is 13.0 Å². The van der Waals surface area contributed by atoms with Crippen molar-refractivity contribution in [1.82, 2.24) is 0 Å². The molecule has 0 bridgehead atoms. The van der Waals surface area contributed by atoms with Crippen LogP contribution in [0.3, 0.4) is 0 Å². The highest BCUT2D eigenvalue weighted by Crippen LogP contribution is 2.42. The first kappa shape index (κ1) is 21.8. The third kappa shape index (κ3) is 4.19. The predicted octanol–water partition coefficient (Wildman–Crippen LogP) is 4.38. The van der Waals surface area contributed by atoms with E-state index < -0.39 is 35.8 Å². The van der Waals surface area contributed by atoms with E-state index in [-0.39, 0.29) is 16.5 Å². The standard InChI is InChI=1S/C19H18N2O7S2/c1-10-6-12(3)16(7-11(10)2)20-21-18-15-9-14(29(23,24)25)5-4-13(15)8-17(19(18)22)30(26,27)28/h4-9,22H,1-3H3,(H,23,24,25)(H,26,27,28). The van der Waals surface area contributed by atoms with Crippen LogP contribution in [0.25, 0.3) is 10.8 Å². The Labute approximate surface area is 173 Å². The van der Waals surface area contributed by atoms with E-state index in [2.05, 4.69) is 10.2 Å². The number of nitrogens with zero attached hydrogens (tertiary/aromatic N) is 2. The molecule has 0 unspecified atom stereocenters. The molecule has 0 heterocycles. The van der Waals surface area contributed by atoms with E-state index in [0.29, 0.717) is 5.69 Å². The second-order valence-electron chi connectivity index (χ2n) is 6.83. The van der Waals surface area contributed by atoms with Crippen molar-refractivity contribution in [2.45, 2.75) is 30.6 Å². The second kappa shape index (κ2) is 7.43. The third-order valence-corrected chi connectivity index (χ3v) is 6.39. The van der Waals surface area contributed by atoms with Crippen LogP contribution in [-0.4, -0.2) is 31.0 Å². The van der Waals surface area contributed by atoms with Crippen LogP contribution in [-0.2, 0) is 20.2 Å². The third-order valence-electron chi connectivity index (χ3n) is 4.67. The molecular formula is C19H18N2O7S2. The van der Waals surface area contributed by atoms with Crippen LogP contribution in [0.4, 0.5) is 11.4 Å². The average molecular weight is 450 g/mol. The van der Waals surface area contributed by atoms with Gasteiger partial charge in [0.05, 0.1) is 10.6 Å². The van der Waals surface area contributed by atoms with Gasteiger partial charge in [0.2, 0.25) is 0 Å². The highest BCUT2D eigenvalue weighted by atomic mass is 32.2. The molecule has 3 aromatic rings. The number of rotatable bonds is 4. The zero-order chi connectivity index (χ0) is 22.4. The predicted molar refractivity (Wildman–Crippen MR) is 110 cm³/mol. The number of aromatic hydroxyl groups is 1. The van der Waals surface area contributed by atoms with Gasteiger partial charge in [0, 0.05) is 5.39 Å². The summed E-state index contributed by atoms with van der Waals surface area (Å²) in [6.45, 7) is 5.59. The zero-order valence-corrected chi connectivity index (χ0v) is 17.8. The first-order valence-electron chi connectivity index (χ1n) is 8.53. The topological polar surface area (TPSA) is 154 Å². The van der Waals surface area contributed by atoms with E-state index in [9.17, 15) is 31.0 Å². The largest absolute Gasteiger partial charge is 0.504 e. The minimum absolute atomic E-state index is 0.0141. The van der Waals surface area contributed by atoms with E-state index in [1.807, 2.05) is 19.9 Å². The van der Waals surface area contributed by atoms with Gasteiger partial charge in [0.15, 0.2) is 5.75 Å². The SMILES string of the molecule is Cc1cc(C)c(N=Nc2c(O)c(S(=O)(=O)O)cc3ccc(S(=O)(=O)O)cc23)cc1C. The molecule has 0 fully saturated rings. The van der Waals surface area contributed by atoms with Gasteiger partial charge in [0.1, 0.15) is 10.6 Å². The summed E-state index contributed by atoms with van der Waals surface area (Å²) in [7, 11) is -9.38. The van der Waals surface area contributed by atoms with Crippen LogP contribution in [0.1, 0.15) is 16.7 Å². The number of hydrogen-bond donors (Lipinski definition) is 3. The van der Waals surface area contributed by atoms with Gasteiger partial charge in [-0.25, -0.2) is 0 Å². The number of azo groups is 1. The van der Waals surface area contributed by atoms with Crippen LogP contribution in [0.5, 0.6) is 5.75 Å². The van der Waals surface area contributed by atoms with Crippen LogP contribution in [0.2, 0.25) is 0 Å². The van der Waals surface area contributed by atoms with E-state index in [0.717, 1.165) is 34.9 Å². The molecule has 158 valence electrons. The molecule has 9 nitrogen and oxygen atoms in total. The Kier molecular flexibility index (Phi) is 5.41. The summed E-state index contributed by atoms with van der Waals surface area (Å²) in [5, 5.41) is 18.7. The van der Waals surface area contributed by atoms with Crippen molar-refractivity contribution < 1.29 is 31.0 Å². The molecule has 0 spiro atoms. The number of aryl methyl sites for hydroxylation is 3. The molecule has 3 aromatic carbocycles. The van der Waals surface area contributed by atoms with Crippen molar-refractivity contribution in [3.63, 3.8) is 0 Å². The van der Waals surface area contributed by atoms with Crippen LogP contribution in [0.15, 0.2) is 56.4 Å². The minimum Gasteiger partial charge on any atom is -0.504 e. The lowest BCUT2D eigenvalue weighted by atomic mass is 10.1. The van der Waals surface area contributed by atoms with Gasteiger partial charge < -0.3 is 5.11 Å². The molecular weight excluding hydrogens is 432 g/mol. The van der Waals surface area contributed by atoms with Crippen molar-refractivity contribution in [3.05, 3.63) is 53.1 Å². The van der Waals surface area contributed by atoms with Gasteiger partial charge in [0.25, 0.3) is 20.2 Å². The molecule has 0 aliphatic rings. The summed E-state index contributed by atoms with van der Waals surface area (Å²) >= 11 is 0. The van der Waals surface area contributed by atoms with Crippen molar-refractivity contribution in [2.75, 3.05) is 0 Å². The first-order valence-corrected chi connectivity index (χ1v) is 11.4. The fraction of sp³-hybridized carbons (Fsp3) is 0.158. The maximum atomic E-state index is 11.7. The lowest BCUT2D eigenvalue weighted by Gasteiger charge is -2.10. The molecule has 0 aromatic heterocycles. The summed E-state index contributed by atoms with van der Waals surface area (Å²) in [5.41, 5.74) is 2.82. The Hall–Kier alpha value is -2.86. The maximum Gasteiger partial charge on any atom is 0.298 e. The molecule has 3 N–H and O–H groups in total. The van der Waals surface area contributed by atoms with Gasteiger partial charge in [-0.15, -0.1) is 5.11 Å². The summed E-state index contributed by atoms with van der Waals surface area (Å²) in [5.74, 6) is -0.900. The number of fused-ring (bicyclic) bond motifs is 1. The molecule has 3 rings (SSSR count). The van der Waals surface area contributed by atoms with E-state index >= 15 is 0 Å². The highest BCUT2D eigenvalue weighted by molar-refractivity contribution is 7.86. The summed E-state index contributed by atoms with van der Waals surface area (Å²) in [4.78, 5) is -1.28. The maximum absolute atomic E-state index is 11.7. The molecule has 30 heavy (non-hydrogen) atoms. The van der Waals surface area contributed by atoms with Crippen LogP contribution >= 0.6 is 0 Å². The van der Waals surface area contributed by atoms with Gasteiger partial charge in [-0.1, -0.05) is 12.1 Å². The Morgan fingerprint density at radius 1 is 0.767 bits per heavy atom. The molecule has 0 aliphatic carbocycles. The van der Waals surface area contributed by atoms with Gasteiger partial charge in [-0.05, 0) is 67.1 Å².